The molecule has 0 saturated carbocycles. The Morgan fingerprint density at radius 1 is 0.828 bits per heavy atom. The van der Waals surface area contributed by atoms with Crippen molar-refractivity contribution in [3.63, 3.8) is 0 Å². The van der Waals surface area contributed by atoms with Crippen molar-refractivity contribution in [3.8, 4) is 0 Å². The van der Waals surface area contributed by atoms with Gasteiger partial charge in [-0.2, -0.15) is 0 Å². The Hall–Kier alpha value is -1.21. The summed E-state index contributed by atoms with van der Waals surface area (Å²) in [5.74, 6) is -0.430. The second kappa shape index (κ2) is 20.1. The van der Waals surface area contributed by atoms with Crippen LogP contribution in [0.25, 0.3) is 0 Å². The van der Waals surface area contributed by atoms with Gasteiger partial charge in [-0.15, -0.1) is 0 Å². The number of ether oxygens (including phenoxy) is 1. The van der Waals surface area contributed by atoms with Crippen LogP contribution in [-0.2, 0) is 9.53 Å². The molecule has 0 heterocycles. The number of carbonyl (C=O) groups excluding carboxylic acids is 1. The number of hydrogen-bond donors (Lipinski definition) is 4. The van der Waals surface area contributed by atoms with E-state index in [2.05, 4.69) is 31.2 Å². The van der Waals surface area contributed by atoms with Gasteiger partial charge in [0.2, 0.25) is 0 Å². The average Bonchev–Trinajstić information content (AvgIpc) is 2.73. The Labute approximate surface area is 176 Å². The van der Waals surface area contributed by atoms with Crippen LogP contribution in [0.2, 0.25) is 0 Å². The van der Waals surface area contributed by atoms with Crippen LogP contribution in [0.3, 0.4) is 0 Å². The number of carbonyl (C=O) groups is 1. The molecule has 0 aromatic carbocycles. The third-order valence-corrected chi connectivity index (χ3v) is 4.72. The fraction of sp³-hybridized carbons (Fsp3) is 0.783. The maximum atomic E-state index is 11.6. The molecule has 0 amide bonds. The Bertz CT molecular complexity index is 435. The van der Waals surface area contributed by atoms with E-state index in [0.29, 0.717) is 0 Å². The second-order valence-electron chi connectivity index (χ2n) is 7.47. The SMILES string of the molecule is CCCCC/C=C/C/C=C/CCCCCCCC(=O)OC[C@@H](O)[C@H](O)[C@H](O)CO. The van der Waals surface area contributed by atoms with E-state index in [-0.39, 0.29) is 6.42 Å². The number of esters is 1. The van der Waals surface area contributed by atoms with Gasteiger partial charge < -0.3 is 25.2 Å². The molecule has 170 valence electrons. The predicted octanol–water partition coefficient (Wildman–Crippen LogP) is 3.42. The maximum Gasteiger partial charge on any atom is 0.305 e. The van der Waals surface area contributed by atoms with E-state index in [1.807, 2.05) is 0 Å². The molecule has 0 aromatic rings. The number of hydrogen-bond acceptors (Lipinski definition) is 6. The summed E-state index contributed by atoms with van der Waals surface area (Å²) in [7, 11) is 0. The van der Waals surface area contributed by atoms with Crippen LogP contribution < -0.4 is 0 Å². The lowest BCUT2D eigenvalue weighted by Gasteiger charge is -2.21. The van der Waals surface area contributed by atoms with Crippen molar-refractivity contribution in [3.05, 3.63) is 24.3 Å². The van der Waals surface area contributed by atoms with Crippen LogP contribution in [-0.4, -0.2) is 57.9 Å². The van der Waals surface area contributed by atoms with Gasteiger partial charge in [-0.25, -0.2) is 0 Å². The lowest BCUT2D eigenvalue weighted by molar-refractivity contribution is -0.152. The smallest absolute Gasteiger partial charge is 0.305 e. The first-order valence-electron chi connectivity index (χ1n) is 11.1. The van der Waals surface area contributed by atoms with Crippen LogP contribution in [0.1, 0.15) is 84.0 Å². The van der Waals surface area contributed by atoms with Gasteiger partial charge in [0, 0.05) is 6.42 Å². The molecule has 4 N–H and O–H groups in total. The van der Waals surface area contributed by atoms with Crippen LogP contribution in [0.15, 0.2) is 24.3 Å². The molecule has 0 rings (SSSR count). The van der Waals surface area contributed by atoms with Crippen LogP contribution in [0.5, 0.6) is 0 Å². The van der Waals surface area contributed by atoms with Gasteiger partial charge in [0.15, 0.2) is 0 Å². The second-order valence-corrected chi connectivity index (χ2v) is 7.47. The van der Waals surface area contributed by atoms with Gasteiger partial charge >= 0.3 is 5.97 Å². The lowest BCUT2D eigenvalue weighted by atomic mass is 10.1. The number of unbranched alkanes of at least 4 members (excludes halogenated alkanes) is 8. The van der Waals surface area contributed by atoms with E-state index in [0.717, 1.165) is 44.9 Å². The number of aliphatic hydroxyl groups excluding tert-OH is 4. The third-order valence-electron chi connectivity index (χ3n) is 4.72. The van der Waals surface area contributed by atoms with Crippen molar-refractivity contribution in [1.82, 2.24) is 0 Å². The third kappa shape index (κ3) is 17.4. The van der Waals surface area contributed by atoms with Crippen molar-refractivity contribution in [1.29, 1.82) is 0 Å². The van der Waals surface area contributed by atoms with Gasteiger partial charge in [0.05, 0.1) is 6.61 Å². The topological polar surface area (TPSA) is 107 Å². The molecule has 0 spiro atoms. The summed E-state index contributed by atoms with van der Waals surface area (Å²) in [5.41, 5.74) is 0. The molecule has 6 heteroatoms. The summed E-state index contributed by atoms with van der Waals surface area (Å²) in [6.45, 7) is 1.16. The van der Waals surface area contributed by atoms with Crippen LogP contribution in [0, 0.1) is 0 Å². The molecule has 0 aliphatic rings. The molecular formula is C23H42O6. The average molecular weight is 415 g/mol. The van der Waals surface area contributed by atoms with Gasteiger partial charge in [0.25, 0.3) is 0 Å². The van der Waals surface area contributed by atoms with E-state index >= 15 is 0 Å². The molecule has 29 heavy (non-hydrogen) atoms. The zero-order valence-corrected chi connectivity index (χ0v) is 18.0. The molecule has 0 aliphatic heterocycles. The maximum absolute atomic E-state index is 11.6. The van der Waals surface area contributed by atoms with Gasteiger partial charge in [-0.3, -0.25) is 4.79 Å². The number of allylic oxidation sites excluding steroid dienone is 4. The molecule has 0 saturated heterocycles. The largest absolute Gasteiger partial charge is 0.463 e. The summed E-state index contributed by atoms with van der Waals surface area (Å²) >= 11 is 0. The molecule has 3 atom stereocenters. The summed E-state index contributed by atoms with van der Waals surface area (Å²) in [6.07, 6.45) is 17.0. The monoisotopic (exact) mass is 414 g/mol. The quantitative estimate of drug-likeness (QED) is 0.147. The molecule has 0 aromatic heterocycles. The predicted molar refractivity (Wildman–Crippen MR) is 115 cm³/mol. The summed E-state index contributed by atoms with van der Waals surface area (Å²) < 4.78 is 4.88. The molecule has 6 nitrogen and oxygen atoms in total. The molecule has 0 fully saturated rings. The first-order chi connectivity index (χ1) is 14.0. The van der Waals surface area contributed by atoms with Crippen LogP contribution in [0.4, 0.5) is 0 Å². The molecule has 0 bridgehead atoms. The van der Waals surface area contributed by atoms with Crippen molar-refractivity contribution >= 4 is 5.97 Å². The van der Waals surface area contributed by atoms with Crippen molar-refractivity contribution in [2.75, 3.05) is 13.2 Å². The number of aliphatic hydroxyl groups is 4. The minimum atomic E-state index is -1.54. The van der Waals surface area contributed by atoms with E-state index in [9.17, 15) is 20.1 Å². The van der Waals surface area contributed by atoms with Crippen molar-refractivity contribution < 1.29 is 30.0 Å². The standard InChI is InChI=1S/C23H42O6/c1-2-3-4-5-6-7-8-9-10-11-12-13-14-15-16-17-22(27)29-19-21(26)23(28)20(25)18-24/h6-7,9-10,20-21,23-26,28H,2-5,8,11-19H2,1H3/b7-6+,10-9+/t20-,21-,23-/m1/s1. The van der Waals surface area contributed by atoms with Crippen molar-refractivity contribution in [2.45, 2.75) is 102 Å². The first-order valence-corrected chi connectivity index (χ1v) is 11.1. The summed E-state index contributed by atoms with van der Waals surface area (Å²) in [4.78, 5) is 11.6. The summed E-state index contributed by atoms with van der Waals surface area (Å²) in [5, 5.41) is 36.9. The highest BCUT2D eigenvalue weighted by molar-refractivity contribution is 5.69. The van der Waals surface area contributed by atoms with Crippen molar-refractivity contribution in [2.24, 2.45) is 0 Å². The normalized spacial score (nSPS) is 15.1. The fourth-order valence-corrected chi connectivity index (χ4v) is 2.79. The molecule has 0 aliphatic carbocycles. The van der Waals surface area contributed by atoms with E-state index in [1.165, 1.54) is 25.7 Å². The zero-order chi connectivity index (χ0) is 21.7. The Morgan fingerprint density at radius 2 is 1.41 bits per heavy atom. The minimum Gasteiger partial charge on any atom is -0.463 e. The van der Waals surface area contributed by atoms with Crippen LogP contribution >= 0.6 is 0 Å². The van der Waals surface area contributed by atoms with Gasteiger partial charge in [-0.1, -0.05) is 63.3 Å². The Kier molecular flexibility index (Phi) is 19.2. The highest BCUT2D eigenvalue weighted by atomic mass is 16.5. The number of rotatable bonds is 19. The fourth-order valence-electron chi connectivity index (χ4n) is 2.79. The lowest BCUT2D eigenvalue weighted by Crippen LogP contribution is -2.42. The molecule has 0 radical (unpaired) electrons. The van der Waals surface area contributed by atoms with E-state index < -0.39 is 37.5 Å². The minimum absolute atomic E-state index is 0.274. The highest BCUT2D eigenvalue weighted by Crippen LogP contribution is 2.09. The highest BCUT2D eigenvalue weighted by Gasteiger charge is 2.25. The molecular weight excluding hydrogens is 372 g/mol. The Morgan fingerprint density at radius 3 is 2.03 bits per heavy atom. The zero-order valence-electron chi connectivity index (χ0n) is 18.0. The molecule has 0 unspecified atom stereocenters. The van der Waals surface area contributed by atoms with E-state index in [1.54, 1.807) is 0 Å². The summed E-state index contributed by atoms with van der Waals surface area (Å²) in [6, 6.07) is 0. The van der Waals surface area contributed by atoms with E-state index in [4.69, 9.17) is 9.84 Å². The van der Waals surface area contributed by atoms with Gasteiger partial charge in [-0.05, 0) is 38.5 Å². The first kappa shape index (κ1) is 27.8. The Balaban J connectivity index is 3.49. The van der Waals surface area contributed by atoms with Gasteiger partial charge in [0.1, 0.15) is 24.9 Å².